The summed E-state index contributed by atoms with van der Waals surface area (Å²) in [5, 5.41) is 9.92. The molecule has 3 aromatic carbocycles. The molecule has 0 saturated carbocycles. The molecule has 5 aromatic rings. The Morgan fingerprint density at radius 2 is 1.69 bits per heavy atom. The topological polar surface area (TPSA) is 71.8 Å². The summed E-state index contributed by atoms with van der Waals surface area (Å²) in [4.78, 5) is 17.1. The van der Waals surface area contributed by atoms with Crippen molar-refractivity contribution < 1.29 is 9.21 Å². The quantitative estimate of drug-likeness (QED) is 0.488. The van der Waals surface area contributed by atoms with Crippen LogP contribution < -0.4 is 0 Å². The maximum absolute atomic E-state index is 12.8. The smallest absolute Gasteiger partial charge is 0.264 e. The number of aromatic amines is 1. The Morgan fingerprint density at radius 3 is 2.58 bits per heavy atom. The second-order valence-electron chi connectivity index (χ2n) is 6.01. The first-order valence-corrected chi connectivity index (χ1v) is 8.23. The second kappa shape index (κ2) is 5.67. The lowest BCUT2D eigenvalue weighted by Gasteiger charge is -1.96. The zero-order chi connectivity index (χ0) is 17.5. The average Bonchev–Trinajstić information content (AvgIpc) is 3.35. The van der Waals surface area contributed by atoms with Gasteiger partial charge in [-0.25, -0.2) is 4.98 Å². The molecule has 26 heavy (non-hydrogen) atoms. The van der Waals surface area contributed by atoms with E-state index in [0.29, 0.717) is 11.4 Å². The number of fused-ring (bicyclic) bond motifs is 3. The number of carbonyl (C=O) groups is 1. The van der Waals surface area contributed by atoms with Crippen LogP contribution in [0, 0.1) is 0 Å². The zero-order valence-corrected chi connectivity index (χ0v) is 13.6. The maximum atomic E-state index is 12.8. The van der Waals surface area contributed by atoms with Crippen molar-refractivity contribution in [3.8, 4) is 11.4 Å². The summed E-state index contributed by atoms with van der Waals surface area (Å²) in [5.41, 5.74) is 1.52. The highest BCUT2D eigenvalue weighted by Gasteiger charge is 2.20. The number of H-pyrrole nitrogens is 1. The van der Waals surface area contributed by atoms with Crippen molar-refractivity contribution in [1.82, 2.24) is 15.2 Å². The molecule has 0 aliphatic heterocycles. The van der Waals surface area contributed by atoms with Crippen molar-refractivity contribution in [2.75, 3.05) is 0 Å². The highest BCUT2D eigenvalue weighted by molar-refractivity contribution is 6.11. The van der Waals surface area contributed by atoms with Gasteiger partial charge in [-0.1, -0.05) is 60.7 Å². The summed E-state index contributed by atoms with van der Waals surface area (Å²) in [7, 11) is 0. The van der Waals surface area contributed by atoms with Crippen LogP contribution >= 0.6 is 0 Å². The molecule has 5 nitrogen and oxygen atoms in total. The maximum Gasteiger partial charge on any atom is 0.264 e. The molecular formula is C21H13N3O2. The summed E-state index contributed by atoms with van der Waals surface area (Å²) in [5.74, 6) is 0.565. The van der Waals surface area contributed by atoms with Crippen molar-refractivity contribution in [2.45, 2.75) is 0 Å². The van der Waals surface area contributed by atoms with Crippen molar-refractivity contribution in [2.24, 2.45) is 0 Å². The molecular weight excluding hydrogens is 326 g/mol. The lowest BCUT2D eigenvalue weighted by molar-refractivity contribution is 0.100. The Bertz CT molecular complexity index is 1250. The highest BCUT2D eigenvalue weighted by Crippen LogP contribution is 2.29. The summed E-state index contributed by atoms with van der Waals surface area (Å²) in [6, 6.07) is 23.1. The predicted octanol–water partition coefficient (Wildman–Crippen LogP) is 4.60. The third-order valence-electron chi connectivity index (χ3n) is 4.38. The van der Waals surface area contributed by atoms with E-state index in [1.54, 1.807) is 6.07 Å². The van der Waals surface area contributed by atoms with Gasteiger partial charge in [0.2, 0.25) is 5.82 Å². The summed E-state index contributed by atoms with van der Waals surface area (Å²) >= 11 is 0. The van der Waals surface area contributed by atoms with Gasteiger partial charge in [0.15, 0.2) is 11.6 Å². The molecule has 0 amide bonds. The Kier molecular flexibility index (Phi) is 3.18. The van der Waals surface area contributed by atoms with Gasteiger partial charge in [0.1, 0.15) is 5.58 Å². The molecule has 5 heteroatoms. The van der Waals surface area contributed by atoms with E-state index in [2.05, 4.69) is 15.2 Å². The van der Waals surface area contributed by atoms with Gasteiger partial charge < -0.3 is 4.42 Å². The van der Waals surface area contributed by atoms with Gasteiger partial charge in [0, 0.05) is 10.9 Å². The summed E-state index contributed by atoms with van der Waals surface area (Å²) in [6.45, 7) is 0. The fourth-order valence-electron chi connectivity index (χ4n) is 3.10. The molecule has 2 heterocycles. The Morgan fingerprint density at radius 1 is 0.885 bits per heavy atom. The van der Waals surface area contributed by atoms with Crippen LogP contribution in [0.4, 0.5) is 0 Å². The molecule has 0 bridgehead atoms. The van der Waals surface area contributed by atoms with Gasteiger partial charge in [-0.3, -0.25) is 9.89 Å². The molecule has 5 rings (SSSR count). The van der Waals surface area contributed by atoms with E-state index < -0.39 is 0 Å². The van der Waals surface area contributed by atoms with E-state index in [-0.39, 0.29) is 17.4 Å². The van der Waals surface area contributed by atoms with Crippen LogP contribution in [0.5, 0.6) is 0 Å². The van der Waals surface area contributed by atoms with Crippen molar-refractivity contribution in [1.29, 1.82) is 0 Å². The molecule has 0 fully saturated rings. The van der Waals surface area contributed by atoms with Crippen molar-refractivity contribution in [3.63, 3.8) is 0 Å². The number of aromatic nitrogens is 3. The number of hydrogen-bond acceptors (Lipinski definition) is 4. The van der Waals surface area contributed by atoms with Crippen LogP contribution in [0.25, 0.3) is 33.1 Å². The number of rotatable bonds is 3. The fourth-order valence-corrected chi connectivity index (χ4v) is 3.10. The van der Waals surface area contributed by atoms with Crippen LogP contribution in [0.3, 0.4) is 0 Å². The van der Waals surface area contributed by atoms with E-state index in [4.69, 9.17) is 4.42 Å². The monoisotopic (exact) mass is 339 g/mol. The third-order valence-corrected chi connectivity index (χ3v) is 4.38. The van der Waals surface area contributed by atoms with E-state index in [1.807, 2.05) is 66.7 Å². The van der Waals surface area contributed by atoms with Crippen LogP contribution in [0.2, 0.25) is 0 Å². The number of hydrogen-bond donors (Lipinski definition) is 1. The van der Waals surface area contributed by atoms with E-state index in [1.165, 1.54) is 0 Å². The molecule has 0 atom stereocenters. The largest absolute Gasteiger partial charge is 0.452 e. The molecule has 124 valence electrons. The molecule has 0 aliphatic rings. The molecule has 0 radical (unpaired) electrons. The number of benzene rings is 3. The van der Waals surface area contributed by atoms with Crippen LogP contribution in [-0.2, 0) is 0 Å². The standard InChI is InChI=1S/C21H13N3O2/c25-19(21-22-20(23-24-21)14-7-2-1-3-8-14)18-12-16-15-9-5-4-6-13(15)10-11-17(16)26-18/h1-12H,(H,22,23,24). The number of nitrogens with zero attached hydrogens (tertiary/aromatic N) is 2. The molecule has 1 N–H and O–H groups in total. The summed E-state index contributed by atoms with van der Waals surface area (Å²) < 4.78 is 5.77. The molecule has 0 unspecified atom stereocenters. The molecule has 0 aliphatic carbocycles. The molecule has 0 spiro atoms. The fraction of sp³-hybridized carbons (Fsp3) is 0. The highest BCUT2D eigenvalue weighted by atomic mass is 16.3. The van der Waals surface area contributed by atoms with Gasteiger partial charge in [-0.05, 0) is 22.9 Å². The van der Waals surface area contributed by atoms with Crippen LogP contribution in [-0.4, -0.2) is 21.0 Å². The Balaban J connectivity index is 1.57. The molecule has 0 saturated heterocycles. The van der Waals surface area contributed by atoms with E-state index in [9.17, 15) is 4.79 Å². The van der Waals surface area contributed by atoms with Crippen LogP contribution in [0.1, 0.15) is 16.4 Å². The normalized spacial score (nSPS) is 11.2. The first-order chi connectivity index (χ1) is 12.8. The SMILES string of the molecule is O=C(c1nc(-c2ccccc2)n[nH]1)c1cc2c(ccc3ccccc32)o1. The van der Waals surface area contributed by atoms with Gasteiger partial charge in [0.25, 0.3) is 5.78 Å². The lowest BCUT2D eigenvalue weighted by atomic mass is 10.1. The van der Waals surface area contributed by atoms with E-state index >= 15 is 0 Å². The first kappa shape index (κ1) is 14.6. The predicted molar refractivity (Wildman–Crippen MR) is 99.0 cm³/mol. The lowest BCUT2D eigenvalue weighted by Crippen LogP contribution is -2.02. The Hall–Kier alpha value is -3.73. The van der Waals surface area contributed by atoms with Crippen LogP contribution in [0.15, 0.2) is 77.2 Å². The van der Waals surface area contributed by atoms with Gasteiger partial charge >= 0.3 is 0 Å². The minimum absolute atomic E-state index is 0.159. The molecule has 2 aromatic heterocycles. The van der Waals surface area contributed by atoms with Gasteiger partial charge in [0.05, 0.1) is 0 Å². The number of ketones is 1. The number of furan rings is 1. The van der Waals surface area contributed by atoms with Gasteiger partial charge in [-0.15, -0.1) is 0 Å². The van der Waals surface area contributed by atoms with Gasteiger partial charge in [-0.2, -0.15) is 5.10 Å². The van der Waals surface area contributed by atoms with Crippen molar-refractivity contribution >= 4 is 27.5 Å². The number of carbonyl (C=O) groups excluding carboxylic acids is 1. The second-order valence-corrected chi connectivity index (χ2v) is 6.01. The summed E-state index contributed by atoms with van der Waals surface area (Å²) in [6.07, 6.45) is 0. The third kappa shape index (κ3) is 2.29. The minimum atomic E-state index is -0.319. The minimum Gasteiger partial charge on any atom is -0.452 e. The Labute approximate surface area is 148 Å². The average molecular weight is 339 g/mol. The zero-order valence-electron chi connectivity index (χ0n) is 13.6. The number of nitrogens with one attached hydrogen (secondary N) is 1. The first-order valence-electron chi connectivity index (χ1n) is 8.23. The van der Waals surface area contributed by atoms with Crippen molar-refractivity contribution in [3.05, 3.63) is 84.4 Å². The van der Waals surface area contributed by atoms with E-state index in [0.717, 1.165) is 21.7 Å².